The largest absolute Gasteiger partial charge is 0.335 e. The number of nitrogens with one attached hydrogen (secondary N) is 4. The minimum absolute atomic E-state index is 0.0218. The summed E-state index contributed by atoms with van der Waals surface area (Å²) in [5, 5.41) is 33.1. The predicted molar refractivity (Wildman–Crippen MR) is 147 cm³/mol. The van der Waals surface area contributed by atoms with Gasteiger partial charge in [0.2, 0.25) is 0 Å². The van der Waals surface area contributed by atoms with Gasteiger partial charge in [0.25, 0.3) is 11.4 Å². The third-order valence-electron chi connectivity index (χ3n) is 7.64. The molecule has 0 heterocycles. The number of amides is 4. The Morgan fingerprint density at radius 2 is 1.15 bits per heavy atom. The van der Waals surface area contributed by atoms with Gasteiger partial charge in [-0.1, -0.05) is 12.8 Å². The molecule has 4 amide bonds. The average Bonchev–Trinajstić information content (AvgIpc) is 2.90. The zero-order chi connectivity index (χ0) is 27.8. The first-order valence-corrected chi connectivity index (χ1v) is 13.4. The zero-order valence-electron chi connectivity index (χ0n) is 21.6. The smallest absolute Gasteiger partial charge is 0.319 e. The Bertz CT molecular complexity index is 1160. The van der Waals surface area contributed by atoms with Gasteiger partial charge in [-0.3, -0.25) is 20.2 Å². The molecule has 2 saturated carbocycles. The molecule has 2 aliphatic carbocycles. The lowest BCUT2D eigenvalue weighted by Gasteiger charge is -2.35. The summed E-state index contributed by atoms with van der Waals surface area (Å²) in [6.45, 7) is 0. The van der Waals surface area contributed by atoms with Crippen molar-refractivity contribution in [2.24, 2.45) is 11.8 Å². The summed E-state index contributed by atoms with van der Waals surface area (Å²) in [4.78, 5) is 45.4. The van der Waals surface area contributed by atoms with Crippen LogP contribution in [0.4, 0.5) is 32.3 Å². The van der Waals surface area contributed by atoms with E-state index in [1.807, 2.05) is 0 Å². The Labute approximate surface area is 226 Å². The third-order valence-corrected chi connectivity index (χ3v) is 7.64. The number of non-ortho nitro benzene ring substituents is 2. The van der Waals surface area contributed by atoms with Gasteiger partial charge >= 0.3 is 12.1 Å². The summed E-state index contributed by atoms with van der Waals surface area (Å²) in [5.41, 5.74) is 0.974. The number of nitro groups is 2. The van der Waals surface area contributed by atoms with Crippen LogP contribution in [0, 0.1) is 32.1 Å². The fraction of sp³-hybridized carbons (Fsp3) is 0.481. The van der Waals surface area contributed by atoms with Gasteiger partial charge in [0.15, 0.2) is 0 Å². The molecular weight excluding hydrogens is 504 g/mol. The van der Waals surface area contributed by atoms with Crippen LogP contribution in [0.25, 0.3) is 0 Å². The summed E-state index contributed by atoms with van der Waals surface area (Å²) >= 11 is 0. The Morgan fingerprint density at radius 1 is 0.667 bits per heavy atom. The maximum absolute atomic E-state index is 12.5. The first kappa shape index (κ1) is 27.8. The number of urea groups is 2. The number of nitro benzene ring substituents is 2. The Kier molecular flexibility index (Phi) is 9.29. The fourth-order valence-corrected chi connectivity index (χ4v) is 5.69. The number of rotatable bonds is 8. The van der Waals surface area contributed by atoms with Crippen molar-refractivity contribution >= 4 is 34.8 Å². The van der Waals surface area contributed by atoms with Gasteiger partial charge in [-0.25, -0.2) is 9.59 Å². The van der Waals surface area contributed by atoms with Crippen molar-refractivity contribution in [1.82, 2.24) is 10.6 Å². The molecule has 12 nitrogen and oxygen atoms in total. The molecule has 2 aliphatic rings. The van der Waals surface area contributed by atoms with E-state index in [1.54, 1.807) is 0 Å². The molecule has 4 N–H and O–H groups in total. The molecule has 2 fully saturated rings. The van der Waals surface area contributed by atoms with Gasteiger partial charge in [-0.2, -0.15) is 0 Å². The second-order valence-corrected chi connectivity index (χ2v) is 10.5. The topological polar surface area (TPSA) is 169 Å². The molecule has 0 aromatic heterocycles. The molecule has 0 aliphatic heterocycles. The number of hydrogen-bond acceptors (Lipinski definition) is 6. The second kappa shape index (κ2) is 13.0. The number of anilines is 2. The van der Waals surface area contributed by atoms with Gasteiger partial charge in [-0.05, 0) is 81.0 Å². The quantitative estimate of drug-likeness (QED) is 0.239. The number of carbonyl (C=O) groups is 2. The van der Waals surface area contributed by atoms with Crippen molar-refractivity contribution < 1.29 is 19.4 Å². The molecule has 2 aromatic rings. The first-order valence-electron chi connectivity index (χ1n) is 13.4. The lowest BCUT2D eigenvalue weighted by Crippen LogP contribution is -2.42. The van der Waals surface area contributed by atoms with Gasteiger partial charge in [0, 0.05) is 47.7 Å². The molecule has 0 radical (unpaired) electrons. The minimum Gasteiger partial charge on any atom is -0.335 e. The molecule has 2 atom stereocenters. The van der Waals surface area contributed by atoms with Crippen LogP contribution in [-0.2, 0) is 0 Å². The minimum atomic E-state index is -0.479. The van der Waals surface area contributed by atoms with E-state index in [0.717, 1.165) is 57.8 Å². The highest BCUT2D eigenvalue weighted by Crippen LogP contribution is 2.35. The first-order chi connectivity index (χ1) is 18.7. The zero-order valence-corrected chi connectivity index (χ0v) is 21.6. The van der Waals surface area contributed by atoms with Crippen LogP contribution in [0.1, 0.15) is 57.8 Å². The van der Waals surface area contributed by atoms with Crippen LogP contribution in [0.15, 0.2) is 48.5 Å². The van der Waals surface area contributed by atoms with E-state index in [-0.39, 0.29) is 35.5 Å². The maximum atomic E-state index is 12.5. The second-order valence-electron chi connectivity index (χ2n) is 10.5. The molecule has 12 heteroatoms. The summed E-state index contributed by atoms with van der Waals surface area (Å²) in [7, 11) is 0. The van der Waals surface area contributed by atoms with E-state index in [2.05, 4.69) is 21.3 Å². The molecule has 0 bridgehead atoms. The van der Waals surface area contributed by atoms with Crippen molar-refractivity contribution in [1.29, 1.82) is 0 Å². The van der Waals surface area contributed by atoms with Crippen molar-refractivity contribution in [3.8, 4) is 0 Å². The molecule has 0 spiro atoms. The highest BCUT2D eigenvalue weighted by Gasteiger charge is 2.28. The SMILES string of the molecule is O=C(Nc1ccc([N+](=O)[O-])cc1)NC1CCC(C[C@@H]2CCC[C@H](NC(=O)Nc3ccc([N+](=O)[O-])cc3)C2)CC1. The highest BCUT2D eigenvalue weighted by molar-refractivity contribution is 5.90. The van der Waals surface area contributed by atoms with E-state index >= 15 is 0 Å². The van der Waals surface area contributed by atoms with Crippen LogP contribution in [-0.4, -0.2) is 34.0 Å². The number of benzene rings is 2. The third kappa shape index (κ3) is 8.39. The van der Waals surface area contributed by atoms with Crippen LogP contribution in [0.3, 0.4) is 0 Å². The molecule has 2 aromatic carbocycles. The van der Waals surface area contributed by atoms with Gasteiger partial charge < -0.3 is 21.3 Å². The Morgan fingerprint density at radius 3 is 1.64 bits per heavy atom. The number of nitrogens with zero attached hydrogens (tertiary/aromatic N) is 2. The Hall–Kier alpha value is -4.22. The molecular formula is C27H34N6O6. The van der Waals surface area contributed by atoms with E-state index in [0.29, 0.717) is 23.2 Å². The predicted octanol–water partition coefficient (Wildman–Crippen LogP) is 5.95. The molecule has 208 valence electrons. The lowest BCUT2D eigenvalue weighted by molar-refractivity contribution is -0.385. The number of carbonyl (C=O) groups excluding carboxylic acids is 2. The summed E-state index contributed by atoms with van der Waals surface area (Å²) in [5.74, 6) is 1.14. The van der Waals surface area contributed by atoms with Crippen molar-refractivity contribution in [2.75, 3.05) is 10.6 Å². The number of hydrogen-bond donors (Lipinski definition) is 4. The standard InChI is InChI=1S/C27H34N6O6/c34-26(29-21-8-12-24(13-9-21)32(36)37)28-20-6-4-18(5-7-20)16-19-2-1-3-23(17-19)31-27(35)30-22-10-14-25(15-11-22)33(38)39/h8-15,18-20,23H,1-7,16-17H2,(H2,28,29,34)(H2,30,31,35)/t18?,19-,20?,23-/m0/s1. The van der Waals surface area contributed by atoms with E-state index in [4.69, 9.17) is 0 Å². The molecule has 39 heavy (non-hydrogen) atoms. The van der Waals surface area contributed by atoms with Crippen LogP contribution < -0.4 is 21.3 Å². The molecule has 0 unspecified atom stereocenters. The van der Waals surface area contributed by atoms with Crippen LogP contribution in [0.5, 0.6) is 0 Å². The molecule has 4 rings (SSSR count). The lowest BCUT2D eigenvalue weighted by atomic mass is 9.75. The van der Waals surface area contributed by atoms with Crippen molar-refractivity contribution in [3.05, 3.63) is 68.8 Å². The summed E-state index contributed by atoms with van der Waals surface area (Å²) in [6, 6.07) is 11.1. The maximum Gasteiger partial charge on any atom is 0.319 e. The Balaban J connectivity index is 1.15. The van der Waals surface area contributed by atoms with Crippen LogP contribution in [0.2, 0.25) is 0 Å². The average molecular weight is 539 g/mol. The van der Waals surface area contributed by atoms with E-state index in [9.17, 15) is 29.8 Å². The van der Waals surface area contributed by atoms with Gasteiger partial charge in [0.05, 0.1) is 9.85 Å². The monoisotopic (exact) mass is 538 g/mol. The van der Waals surface area contributed by atoms with Crippen molar-refractivity contribution in [2.45, 2.75) is 69.9 Å². The van der Waals surface area contributed by atoms with Crippen molar-refractivity contribution in [3.63, 3.8) is 0 Å². The van der Waals surface area contributed by atoms with Gasteiger partial charge in [-0.15, -0.1) is 0 Å². The van der Waals surface area contributed by atoms with Gasteiger partial charge in [0.1, 0.15) is 0 Å². The van der Waals surface area contributed by atoms with E-state index < -0.39 is 9.85 Å². The highest BCUT2D eigenvalue weighted by atomic mass is 16.6. The summed E-state index contributed by atoms with van der Waals surface area (Å²) < 4.78 is 0. The normalized spacial score (nSPS) is 22.8. The summed E-state index contributed by atoms with van der Waals surface area (Å²) in [6.07, 6.45) is 9.09. The molecule has 0 saturated heterocycles. The fourth-order valence-electron chi connectivity index (χ4n) is 5.69. The van der Waals surface area contributed by atoms with E-state index in [1.165, 1.54) is 48.5 Å². The van der Waals surface area contributed by atoms with Crippen LogP contribution >= 0.6 is 0 Å².